The average molecular weight is 256 g/mol. The zero-order valence-electron chi connectivity index (χ0n) is 10.2. The first kappa shape index (κ1) is 13.0. The van der Waals surface area contributed by atoms with Gasteiger partial charge in [0.25, 0.3) is 0 Å². The quantitative estimate of drug-likeness (QED) is 0.436. The predicted octanol–water partition coefficient (Wildman–Crippen LogP) is 0.436. The second-order valence-electron chi connectivity index (χ2n) is 4.04. The fourth-order valence-electron chi connectivity index (χ4n) is 1.84. The molecule has 6 nitrogen and oxygen atoms in total. The summed E-state index contributed by atoms with van der Waals surface area (Å²) < 4.78 is 5.17. The Bertz CT molecular complexity index is 561. The average Bonchev–Trinajstić information content (AvgIpc) is 2.49. The second-order valence-corrected chi connectivity index (χ2v) is 4.04. The number of nitrogens with zero attached hydrogens (tertiary/aromatic N) is 4. The number of hydrogen-bond acceptors (Lipinski definition) is 3. The zero-order valence-corrected chi connectivity index (χ0v) is 10.2. The third kappa shape index (κ3) is 2.86. The van der Waals surface area contributed by atoms with Crippen LogP contribution in [-0.4, -0.2) is 47.6 Å². The van der Waals surface area contributed by atoms with Gasteiger partial charge in [-0.15, -0.1) is 0 Å². The highest BCUT2D eigenvalue weighted by Gasteiger charge is 2.29. The van der Waals surface area contributed by atoms with Gasteiger partial charge in [-0.2, -0.15) is 10.1 Å². The van der Waals surface area contributed by atoms with Gasteiger partial charge in [0, 0.05) is 13.1 Å². The van der Waals surface area contributed by atoms with E-state index in [9.17, 15) is 4.79 Å². The topological polar surface area (TPSA) is 89.7 Å². The zero-order chi connectivity index (χ0) is 13.7. The summed E-state index contributed by atoms with van der Waals surface area (Å²) in [7, 11) is 0. The molecule has 2 rings (SSSR count). The molecule has 0 atom stereocenters. The summed E-state index contributed by atoms with van der Waals surface area (Å²) in [4.78, 5) is 16.9. The van der Waals surface area contributed by atoms with Gasteiger partial charge in [0.15, 0.2) is 0 Å². The first-order valence-electron chi connectivity index (χ1n) is 5.86. The van der Waals surface area contributed by atoms with Crippen molar-refractivity contribution in [3.8, 4) is 6.07 Å². The van der Waals surface area contributed by atoms with Gasteiger partial charge in [0.1, 0.15) is 0 Å². The summed E-state index contributed by atoms with van der Waals surface area (Å²) >= 11 is 0. The van der Waals surface area contributed by atoms with Crippen LogP contribution in [0.5, 0.6) is 0 Å². The van der Waals surface area contributed by atoms with Gasteiger partial charge in [0.05, 0.1) is 30.4 Å². The third-order valence-corrected chi connectivity index (χ3v) is 2.89. The molecular formula is C13H12N4O2. The highest BCUT2D eigenvalue weighted by Crippen LogP contribution is 2.07. The molecule has 0 saturated carbocycles. The molecule has 1 aromatic rings. The van der Waals surface area contributed by atoms with Crippen molar-refractivity contribution in [2.75, 3.05) is 26.3 Å². The van der Waals surface area contributed by atoms with E-state index in [1.807, 2.05) is 6.07 Å². The Morgan fingerprint density at radius 2 is 1.95 bits per heavy atom. The molecule has 0 bridgehead atoms. The van der Waals surface area contributed by atoms with Crippen LogP contribution in [0.4, 0.5) is 0 Å². The van der Waals surface area contributed by atoms with E-state index in [0.29, 0.717) is 37.4 Å². The number of ether oxygens (including phenoxy) is 1. The van der Waals surface area contributed by atoms with Crippen LogP contribution in [0.1, 0.15) is 11.1 Å². The number of benzene rings is 1. The Labute approximate surface area is 110 Å². The summed E-state index contributed by atoms with van der Waals surface area (Å²) in [6, 6.07) is 8.32. The van der Waals surface area contributed by atoms with Crippen molar-refractivity contribution in [1.29, 1.82) is 5.26 Å². The van der Waals surface area contributed by atoms with Crippen molar-refractivity contribution >= 4 is 11.6 Å². The minimum Gasteiger partial charge on any atom is -0.378 e. The Hall–Kier alpha value is -2.48. The van der Waals surface area contributed by atoms with Crippen molar-refractivity contribution in [3.05, 3.63) is 40.9 Å². The van der Waals surface area contributed by atoms with Gasteiger partial charge in [-0.05, 0) is 24.3 Å². The van der Waals surface area contributed by atoms with Crippen LogP contribution in [0.25, 0.3) is 5.53 Å². The number of morpholine rings is 1. The number of rotatable bonds is 2. The first-order chi connectivity index (χ1) is 9.26. The van der Waals surface area contributed by atoms with Gasteiger partial charge in [-0.1, -0.05) is 0 Å². The van der Waals surface area contributed by atoms with Gasteiger partial charge >= 0.3 is 11.6 Å². The van der Waals surface area contributed by atoms with E-state index in [1.54, 1.807) is 29.2 Å². The Balaban J connectivity index is 2.22. The minimum atomic E-state index is -0.337. The molecule has 0 aliphatic carbocycles. The summed E-state index contributed by atoms with van der Waals surface area (Å²) in [5, 5.41) is 8.72. The normalized spacial score (nSPS) is 14.4. The largest absolute Gasteiger partial charge is 0.386 e. The van der Waals surface area contributed by atoms with E-state index in [4.69, 9.17) is 15.5 Å². The first-order valence-corrected chi connectivity index (χ1v) is 5.86. The summed E-state index contributed by atoms with van der Waals surface area (Å²) in [5.74, 6) is -0.337. The van der Waals surface area contributed by atoms with Crippen molar-refractivity contribution in [1.82, 2.24) is 4.90 Å². The molecule has 0 radical (unpaired) electrons. The number of carbonyl (C=O) groups excluding carboxylic acids is 1. The van der Waals surface area contributed by atoms with Crippen LogP contribution >= 0.6 is 0 Å². The van der Waals surface area contributed by atoms with E-state index in [0.717, 1.165) is 0 Å². The van der Waals surface area contributed by atoms with Crippen molar-refractivity contribution in [2.45, 2.75) is 0 Å². The lowest BCUT2D eigenvalue weighted by Crippen LogP contribution is -2.44. The number of carbonyl (C=O) groups is 1. The summed E-state index contributed by atoms with van der Waals surface area (Å²) in [6.07, 6.45) is 0. The molecular weight excluding hydrogens is 244 g/mol. The van der Waals surface area contributed by atoms with E-state index in [-0.39, 0.29) is 11.6 Å². The maximum Gasteiger partial charge on any atom is 0.386 e. The van der Waals surface area contributed by atoms with Crippen LogP contribution in [0.2, 0.25) is 0 Å². The molecule has 19 heavy (non-hydrogen) atoms. The molecule has 1 aromatic carbocycles. The van der Waals surface area contributed by atoms with Crippen molar-refractivity contribution in [2.24, 2.45) is 0 Å². The van der Waals surface area contributed by atoms with Crippen LogP contribution in [0.3, 0.4) is 0 Å². The molecule has 0 N–H and O–H groups in total. The lowest BCUT2D eigenvalue weighted by Gasteiger charge is -2.25. The second kappa shape index (κ2) is 5.91. The highest BCUT2D eigenvalue weighted by atomic mass is 16.5. The molecule has 1 amide bonds. The molecule has 1 heterocycles. The summed E-state index contributed by atoms with van der Waals surface area (Å²) in [6.45, 7) is 1.93. The standard InChI is InChI=1S/C13H12N4O2/c14-9-10-1-3-11(4-2-10)12(16-15)13(18)17-5-7-19-8-6-17/h1-4H,5-8H2. The number of nitriles is 1. The molecule has 1 saturated heterocycles. The molecule has 1 aliphatic heterocycles. The predicted molar refractivity (Wildman–Crippen MR) is 66.3 cm³/mol. The molecule has 1 fully saturated rings. The third-order valence-electron chi connectivity index (χ3n) is 2.89. The maximum absolute atomic E-state index is 12.2. The van der Waals surface area contributed by atoms with Gasteiger partial charge < -0.3 is 15.2 Å². The van der Waals surface area contributed by atoms with Crippen LogP contribution < -0.4 is 0 Å². The van der Waals surface area contributed by atoms with Gasteiger partial charge in [-0.3, -0.25) is 4.79 Å². The Kier molecular flexibility index (Phi) is 4.04. The van der Waals surface area contributed by atoms with Crippen LogP contribution in [0, 0.1) is 11.3 Å². The minimum absolute atomic E-state index is 0.0219. The van der Waals surface area contributed by atoms with E-state index < -0.39 is 0 Å². The molecule has 6 heteroatoms. The molecule has 0 spiro atoms. The molecule has 0 unspecified atom stereocenters. The molecule has 1 aliphatic rings. The Morgan fingerprint density at radius 1 is 1.32 bits per heavy atom. The molecule has 96 valence electrons. The number of amides is 1. The Morgan fingerprint density at radius 3 is 2.47 bits per heavy atom. The van der Waals surface area contributed by atoms with E-state index in [1.165, 1.54) is 0 Å². The lowest BCUT2D eigenvalue weighted by atomic mass is 10.1. The van der Waals surface area contributed by atoms with E-state index in [2.05, 4.69) is 4.79 Å². The fourth-order valence-corrected chi connectivity index (χ4v) is 1.84. The number of hydrogen-bond donors (Lipinski definition) is 0. The van der Waals surface area contributed by atoms with E-state index >= 15 is 0 Å². The lowest BCUT2D eigenvalue weighted by molar-refractivity contribution is -0.132. The SMILES string of the molecule is N#Cc1ccc(C(=[N+]=[N-])C(=O)N2CCOCC2)cc1. The fraction of sp³-hybridized carbons (Fsp3) is 0.308. The maximum atomic E-state index is 12.2. The van der Waals surface area contributed by atoms with Crippen LogP contribution in [0.15, 0.2) is 24.3 Å². The highest BCUT2D eigenvalue weighted by molar-refractivity contribution is 6.42. The summed E-state index contributed by atoms with van der Waals surface area (Å²) in [5.41, 5.74) is 10.00. The van der Waals surface area contributed by atoms with Crippen LogP contribution in [-0.2, 0) is 9.53 Å². The van der Waals surface area contributed by atoms with Gasteiger partial charge in [-0.25, -0.2) is 0 Å². The van der Waals surface area contributed by atoms with Crippen molar-refractivity contribution in [3.63, 3.8) is 0 Å². The van der Waals surface area contributed by atoms with Crippen molar-refractivity contribution < 1.29 is 14.3 Å². The molecule has 0 aromatic heterocycles. The monoisotopic (exact) mass is 256 g/mol. The van der Waals surface area contributed by atoms with Gasteiger partial charge in [0.2, 0.25) is 0 Å². The smallest absolute Gasteiger partial charge is 0.378 e.